The number of nitrogens with one attached hydrogen (secondary N) is 2. The molecule has 0 aliphatic heterocycles. The number of carbonyl (C=O) groups is 1. The first-order valence-electron chi connectivity index (χ1n) is 5.42. The number of tetrazole rings is 1. The second-order valence-electron chi connectivity index (χ2n) is 3.59. The Morgan fingerprint density at radius 2 is 2.39 bits per heavy atom. The van der Waals surface area contributed by atoms with Gasteiger partial charge in [0.05, 0.1) is 7.05 Å². The predicted octanol–water partition coefficient (Wildman–Crippen LogP) is -0.0307. The molecule has 0 saturated carbocycles. The van der Waals surface area contributed by atoms with E-state index in [1.807, 2.05) is 12.1 Å². The summed E-state index contributed by atoms with van der Waals surface area (Å²) < 4.78 is 0. The summed E-state index contributed by atoms with van der Waals surface area (Å²) in [7, 11) is 1.62. The molecule has 2 N–H and O–H groups in total. The molecule has 94 valence electrons. The number of urea groups is 1. The first-order valence-corrected chi connectivity index (χ1v) is 5.42. The number of anilines is 1. The van der Waals surface area contributed by atoms with Crippen LogP contribution in [0.1, 0.15) is 5.56 Å². The zero-order valence-corrected chi connectivity index (χ0v) is 9.87. The SMILES string of the molecule is Cn1nnc(NC(=O)NCCc2cccnc2)n1. The van der Waals surface area contributed by atoms with Crippen LogP contribution >= 0.6 is 0 Å². The number of carbonyl (C=O) groups excluding carboxylic acids is 1. The number of nitrogens with zero attached hydrogens (tertiary/aromatic N) is 5. The number of hydrogen-bond acceptors (Lipinski definition) is 5. The fourth-order valence-corrected chi connectivity index (χ4v) is 1.35. The Labute approximate surface area is 103 Å². The van der Waals surface area contributed by atoms with E-state index in [1.165, 1.54) is 4.80 Å². The lowest BCUT2D eigenvalue weighted by Gasteiger charge is -2.04. The van der Waals surface area contributed by atoms with E-state index in [0.29, 0.717) is 6.54 Å². The van der Waals surface area contributed by atoms with Crippen molar-refractivity contribution in [2.45, 2.75) is 6.42 Å². The van der Waals surface area contributed by atoms with Gasteiger partial charge < -0.3 is 5.32 Å². The van der Waals surface area contributed by atoms with Gasteiger partial charge in [-0.2, -0.15) is 4.80 Å². The van der Waals surface area contributed by atoms with Crippen molar-refractivity contribution in [3.63, 3.8) is 0 Å². The third-order valence-electron chi connectivity index (χ3n) is 2.16. The van der Waals surface area contributed by atoms with Crippen molar-refractivity contribution in [2.24, 2.45) is 7.05 Å². The van der Waals surface area contributed by atoms with Crippen LogP contribution in [0.4, 0.5) is 10.7 Å². The summed E-state index contributed by atoms with van der Waals surface area (Å²) in [5.41, 5.74) is 1.07. The van der Waals surface area contributed by atoms with Crippen LogP contribution in [0.15, 0.2) is 24.5 Å². The summed E-state index contributed by atoms with van der Waals surface area (Å²) in [5.74, 6) is 0.177. The number of pyridine rings is 1. The number of aryl methyl sites for hydroxylation is 1. The fraction of sp³-hybridized carbons (Fsp3) is 0.300. The molecule has 0 aromatic carbocycles. The molecular formula is C10H13N7O. The van der Waals surface area contributed by atoms with E-state index in [2.05, 4.69) is 31.0 Å². The minimum Gasteiger partial charge on any atom is -0.337 e. The van der Waals surface area contributed by atoms with Gasteiger partial charge >= 0.3 is 6.03 Å². The van der Waals surface area contributed by atoms with Crippen LogP contribution in [0.3, 0.4) is 0 Å². The van der Waals surface area contributed by atoms with Crippen molar-refractivity contribution in [2.75, 3.05) is 11.9 Å². The van der Waals surface area contributed by atoms with E-state index in [0.717, 1.165) is 12.0 Å². The maximum absolute atomic E-state index is 11.5. The van der Waals surface area contributed by atoms with Crippen molar-refractivity contribution in [3.8, 4) is 0 Å². The summed E-state index contributed by atoms with van der Waals surface area (Å²) in [4.78, 5) is 16.7. The molecular weight excluding hydrogens is 234 g/mol. The largest absolute Gasteiger partial charge is 0.337 e. The molecule has 0 radical (unpaired) electrons. The second kappa shape index (κ2) is 5.71. The molecule has 0 aliphatic carbocycles. The van der Waals surface area contributed by atoms with Crippen molar-refractivity contribution >= 4 is 12.0 Å². The minimum atomic E-state index is -0.355. The monoisotopic (exact) mass is 247 g/mol. The molecule has 0 spiro atoms. The van der Waals surface area contributed by atoms with Crippen molar-refractivity contribution in [1.82, 2.24) is 30.5 Å². The number of amides is 2. The van der Waals surface area contributed by atoms with Gasteiger partial charge in [-0.25, -0.2) is 4.79 Å². The average Bonchev–Trinajstić information content (AvgIpc) is 2.76. The smallest absolute Gasteiger partial charge is 0.321 e. The van der Waals surface area contributed by atoms with Crippen LogP contribution in [-0.4, -0.2) is 37.8 Å². The Bertz CT molecular complexity index is 510. The molecule has 2 aromatic heterocycles. The molecule has 8 heteroatoms. The molecule has 0 bridgehead atoms. The fourth-order valence-electron chi connectivity index (χ4n) is 1.35. The summed E-state index contributed by atoms with van der Waals surface area (Å²) in [6.45, 7) is 0.512. The van der Waals surface area contributed by atoms with Crippen LogP contribution in [0.5, 0.6) is 0 Å². The first-order chi connectivity index (χ1) is 8.74. The standard InChI is InChI=1S/C10H13N7O/c1-17-15-9(14-16-17)13-10(18)12-6-4-8-3-2-5-11-7-8/h2-3,5,7H,4,6H2,1H3,(H2,12,13,15,18). The quantitative estimate of drug-likeness (QED) is 0.790. The number of hydrogen-bond donors (Lipinski definition) is 2. The summed E-state index contributed by atoms with van der Waals surface area (Å²) >= 11 is 0. The lowest BCUT2D eigenvalue weighted by molar-refractivity contribution is 0.252. The zero-order valence-electron chi connectivity index (χ0n) is 9.87. The molecule has 0 aliphatic rings. The Balaban J connectivity index is 1.72. The zero-order chi connectivity index (χ0) is 12.8. The normalized spacial score (nSPS) is 10.1. The van der Waals surface area contributed by atoms with Gasteiger partial charge in [0.25, 0.3) is 5.95 Å². The van der Waals surface area contributed by atoms with E-state index in [1.54, 1.807) is 19.4 Å². The average molecular weight is 247 g/mol. The van der Waals surface area contributed by atoms with Crippen LogP contribution in [0.2, 0.25) is 0 Å². The van der Waals surface area contributed by atoms with E-state index in [9.17, 15) is 4.79 Å². The van der Waals surface area contributed by atoms with Crippen molar-refractivity contribution in [3.05, 3.63) is 30.1 Å². The van der Waals surface area contributed by atoms with E-state index >= 15 is 0 Å². The number of aromatic nitrogens is 5. The highest BCUT2D eigenvalue weighted by Gasteiger charge is 2.05. The highest BCUT2D eigenvalue weighted by atomic mass is 16.2. The molecule has 0 atom stereocenters. The highest BCUT2D eigenvalue weighted by molar-refractivity contribution is 5.87. The molecule has 18 heavy (non-hydrogen) atoms. The van der Waals surface area contributed by atoms with Crippen LogP contribution in [-0.2, 0) is 13.5 Å². The summed E-state index contributed by atoms with van der Waals surface area (Å²) in [6, 6.07) is 3.46. The molecule has 2 heterocycles. The van der Waals surface area contributed by atoms with Crippen molar-refractivity contribution < 1.29 is 4.79 Å². The number of rotatable bonds is 4. The third-order valence-corrected chi connectivity index (χ3v) is 2.16. The molecule has 8 nitrogen and oxygen atoms in total. The summed E-state index contributed by atoms with van der Waals surface area (Å²) in [6.07, 6.45) is 4.20. The summed E-state index contributed by atoms with van der Waals surface area (Å²) in [5, 5.41) is 16.2. The van der Waals surface area contributed by atoms with Gasteiger partial charge in [-0.15, -0.1) is 5.10 Å². The van der Waals surface area contributed by atoms with E-state index in [4.69, 9.17) is 0 Å². The van der Waals surface area contributed by atoms with Crippen LogP contribution < -0.4 is 10.6 Å². The Kier molecular flexibility index (Phi) is 3.79. The van der Waals surface area contributed by atoms with E-state index in [-0.39, 0.29) is 12.0 Å². The van der Waals surface area contributed by atoms with Crippen LogP contribution in [0, 0.1) is 0 Å². The maximum atomic E-state index is 11.5. The molecule has 0 unspecified atom stereocenters. The molecule has 0 saturated heterocycles. The van der Waals surface area contributed by atoms with Crippen LogP contribution in [0.25, 0.3) is 0 Å². The second-order valence-corrected chi connectivity index (χ2v) is 3.59. The Morgan fingerprint density at radius 1 is 1.50 bits per heavy atom. The minimum absolute atomic E-state index is 0.177. The predicted molar refractivity (Wildman–Crippen MR) is 63.8 cm³/mol. The topological polar surface area (TPSA) is 97.6 Å². The molecule has 2 amide bonds. The maximum Gasteiger partial charge on any atom is 0.321 e. The van der Waals surface area contributed by atoms with E-state index < -0.39 is 0 Å². The lowest BCUT2D eigenvalue weighted by Crippen LogP contribution is -2.30. The molecule has 2 aromatic rings. The molecule has 2 rings (SSSR count). The molecule has 0 fully saturated rings. The van der Waals surface area contributed by atoms with Gasteiger partial charge in [0.1, 0.15) is 0 Å². The van der Waals surface area contributed by atoms with Gasteiger partial charge in [0.2, 0.25) is 0 Å². The Morgan fingerprint density at radius 3 is 3.06 bits per heavy atom. The van der Waals surface area contributed by atoms with Gasteiger partial charge in [0.15, 0.2) is 0 Å². The Hall–Kier alpha value is -2.51. The van der Waals surface area contributed by atoms with Gasteiger partial charge in [0, 0.05) is 18.9 Å². The third kappa shape index (κ3) is 3.51. The van der Waals surface area contributed by atoms with Gasteiger partial charge in [-0.1, -0.05) is 11.2 Å². The highest BCUT2D eigenvalue weighted by Crippen LogP contribution is 1.96. The van der Waals surface area contributed by atoms with Gasteiger partial charge in [-0.05, 0) is 23.3 Å². The first kappa shape index (κ1) is 12.0. The lowest BCUT2D eigenvalue weighted by atomic mass is 10.2. The van der Waals surface area contributed by atoms with Crippen molar-refractivity contribution in [1.29, 1.82) is 0 Å². The van der Waals surface area contributed by atoms with Gasteiger partial charge in [-0.3, -0.25) is 10.3 Å².